The first kappa shape index (κ1) is 37.4. The Labute approximate surface area is 259 Å². The molecule has 0 aromatic heterocycles. The van der Waals surface area contributed by atoms with Crippen LogP contribution in [0.1, 0.15) is 79.2 Å². The first-order valence-electron chi connectivity index (χ1n) is 14.9. The van der Waals surface area contributed by atoms with Crippen molar-refractivity contribution < 1.29 is 33.4 Å². The zero-order chi connectivity index (χ0) is 31.5. The number of hydrogen-bond acceptors (Lipinski definition) is 8. The highest BCUT2D eigenvalue weighted by Gasteiger charge is 2.27. The van der Waals surface area contributed by atoms with Crippen molar-refractivity contribution in [3.8, 4) is 0 Å². The molecule has 0 aliphatic carbocycles. The lowest BCUT2D eigenvalue weighted by molar-refractivity contribution is -0.148. The lowest BCUT2D eigenvalue weighted by Gasteiger charge is -2.22. The number of carbonyl (C=O) groups is 4. The summed E-state index contributed by atoms with van der Waals surface area (Å²) in [5.41, 5.74) is 1.17. The molecule has 0 heterocycles. The zero-order valence-corrected chi connectivity index (χ0v) is 27.6. The lowest BCUT2D eigenvalue weighted by atomic mass is 10.1. The number of amides is 2. The predicted octanol–water partition coefficient (Wildman–Crippen LogP) is 5.12. The highest BCUT2D eigenvalue weighted by molar-refractivity contribution is 9.10. The largest absolute Gasteiger partial charge is 0.465 e. The van der Waals surface area contributed by atoms with Gasteiger partial charge in [-0.25, -0.2) is 14.4 Å². The number of rotatable bonds is 20. The van der Waals surface area contributed by atoms with Gasteiger partial charge in [0.15, 0.2) is 0 Å². The summed E-state index contributed by atoms with van der Waals surface area (Å²) in [5.74, 6) is -1.22. The normalized spacial score (nSPS) is 12.6. The van der Waals surface area contributed by atoms with E-state index in [9.17, 15) is 19.2 Å². The van der Waals surface area contributed by atoms with Crippen LogP contribution in [-0.2, 0) is 35.1 Å². The molecule has 0 bridgehead atoms. The van der Waals surface area contributed by atoms with E-state index in [4.69, 9.17) is 14.2 Å². The number of esters is 3. The van der Waals surface area contributed by atoms with E-state index in [1.807, 2.05) is 65.8 Å². The molecule has 2 amide bonds. The maximum absolute atomic E-state index is 13.0. The van der Waals surface area contributed by atoms with Gasteiger partial charge < -0.3 is 30.2 Å². The molecule has 1 aromatic carbocycles. The number of unbranched alkanes of at least 4 members (excludes halogenated alkanes) is 1. The van der Waals surface area contributed by atoms with Gasteiger partial charge in [0.25, 0.3) is 0 Å². The van der Waals surface area contributed by atoms with Crippen LogP contribution >= 0.6 is 15.9 Å². The second-order valence-electron chi connectivity index (χ2n) is 11.7. The Hall–Kier alpha value is -2.66. The Bertz CT molecular complexity index is 954. The Balaban J connectivity index is 2.72. The highest BCUT2D eigenvalue weighted by atomic mass is 79.9. The third kappa shape index (κ3) is 18.0. The molecule has 1 rings (SSSR count). The number of nitrogens with one attached hydrogen (secondary N) is 3. The van der Waals surface area contributed by atoms with Gasteiger partial charge in [0, 0.05) is 17.4 Å². The Morgan fingerprint density at radius 1 is 0.714 bits per heavy atom. The molecule has 0 saturated heterocycles. The molecule has 0 aliphatic heterocycles. The van der Waals surface area contributed by atoms with Gasteiger partial charge in [-0.15, -0.1) is 0 Å². The summed E-state index contributed by atoms with van der Waals surface area (Å²) in [6, 6.07) is 5.39. The van der Waals surface area contributed by atoms with Crippen LogP contribution in [-0.4, -0.2) is 62.4 Å². The monoisotopic (exact) mass is 655 g/mol. The van der Waals surface area contributed by atoms with Crippen molar-refractivity contribution >= 4 is 39.9 Å². The fourth-order valence-electron chi connectivity index (χ4n) is 3.58. The molecule has 42 heavy (non-hydrogen) atoms. The minimum absolute atomic E-state index is 0.00771. The van der Waals surface area contributed by atoms with Crippen LogP contribution in [0.2, 0.25) is 0 Å². The molecule has 3 N–H and O–H groups in total. The smallest absolute Gasteiger partial charge is 0.328 e. The maximum Gasteiger partial charge on any atom is 0.328 e. The maximum atomic E-state index is 13.0. The summed E-state index contributed by atoms with van der Waals surface area (Å²) in [6.45, 7) is 13.7. The fourth-order valence-corrected chi connectivity index (χ4v) is 3.85. The van der Waals surface area contributed by atoms with E-state index in [0.717, 1.165) is 24.0 Å². The van der Waals surface area contributed by atoms with Crippen molar-refractivity contribution in [2.75, 3.05) is 26.4 Å². The Kier molecular flexibility index (Phi) is 18.8. The van der Waals surface area contributed by atoms with Crippen LogP contribution in [0, 0.1) is 17.8 Å². The fraction of sp³-hybridized carbons (Fsp3) is 0.677. The van der Waals surface area contributed by atoms with E-state index < -0.39 is 36.0 Å². The lowest BCUT2D eigenvalue weighted by Crippen LogP contribution is -2.52. The van der Waals surface area contributed by atoms with Crippen molar-refractivity contribution in [3.63, 3.8) is 0 Å². The van der Waals surface area contributed by atoms with Gasteiger partial charge in [0.1, 0.15) is 12.1 Å². The predicted molar refractivity (Wildman–Crippen MR) is 166 cm³/mol. The van der Waals surface area contributed by atoms with Gasteiger partial charge in [-0.3, -0.25) is 4.79 Å². The van der Waals surface area contributed by atoms with E-state index in [0.29, 0.717) is 12.8 Å². The molecule has 0 fully saturated rings. The zero-order valence-electron chi connectivity index (χ0n) is 26.0. The molecule has 0 saturated carbocycles. The van der Waals surface area contributed by atoms with E-state index in [1.54, 1.807) is 0 Å². The van der Waals surface area contributed by atoms with Crippen molar-refractivity contribution in [1.29, 1.82) is 0 Å². The van der Waals surface area contributed by atoms with Crippen LogP contribution in [0.3, 0.4) is 0 Å². The minimum atomic E-state index is -1.08. The summed E-state index contributed by atoms with van der Waals surface area (Å²) in [7, 11) is 0. The molecule has 2 atom stereocenters. The third-order valence-corrected chi connectivity index (χ3v) is 6.38. The van der Waals surface area contributed by atoms with Gasteiger partial charge in [0.05, 0.1) is 19.8 Å². The molecule has 0 aliphatic rings. The summed E-state index contributed by atoms with van der Waals surface area (Å²) in [5, 5.41) is 8.64. The van der Waals surface area contributed by atoms with Crippen molar-refractivity contribution in [2.24, 2.45) is 17.8 Å². The van der Waals surface area contributed by atoms with Crippen LogP contribution in [0.5, 0.6) is 0 Å². The summed E-state index contributed by atoms with van der Waals surface area (Å²) >= 11 is 3.43. The van der Waals surface area contributed by atoms with Crippen LogP contribution in [0.25, 0.3) is 0 Å². The van der Waals surface area contributed by atoms with E-state index in [1.165, 1.54) is 5.56 Å². The van der Waals surface area contributed by atoms with E-state index in [2.05, 4.69) is 31.9 Å². The van der Waals surface area contributed by atoms with Gasteiger partial charge >= 0.3 is 23.9 Å². The topological polar surface area (TPSA) is 132 Å². The number of benzene rings is 1. The van der Waals surface area contributed by atoms with Gasteiger partial charge in [-0.2, -0.15) is 0 Å². The van der Waals surface area contributed by atoms with Crippen molar-refractivity contribution in [3.05, 3.63) is 34.3 Å². The average molecular weight is 657 g/mol. The molecule has 1 aromatic rings. The molecule has 238 valence electrons. The summed E-state index contributed by atoms with van der Waals surface area (Å²) in [4.78, 5) is 50.6. The third-order valence-electron chi connectivity index (χ3n) is 5.85. The van der Waals surface area contributed by atoms with Gasteiger partial charge in [-0.1, -0.05) is 69.6 Å². The molecule has 0 radical (unpaired) electrons. The molecular formula is C31H50BrN3O7. The number of hydrogen-bond donors (Lipinski definition) is 3. The summed E-state index contributed by atoms with van der Waals surface area (Å²) in [6.07, 6.45) is 1.76. The van der Waals surface area contributed by atoms with Crippen LogP contribution < -0.4 is 16.0 Å². The second-order valence-corrected chi connectivity index (χ2v) is 12.6. The molecule has 11 heteroatoms. The average Bonchev–Trinajstić information content (AvgIpc) is 2.93. The van der Waals surface area contributed by atoms with Gasteiger partial charge in [0.2, 0.25) is 0 Å². The van der Waals surface area contributed by atoms with Crippen molar-refractivity contribution in [2.45, 2.75) is 92.3 Å². The molecule has 0 spiro atoms. The standard InChI is InChI=1S/C31H50BrN3O7/c1-21(2)18-40-28(36)15-14-27(30(38)42-20-23(5)6)35-31(39)34-26(29(37)41-19-22(3)4)9-7-8-16-33-17-24-10-12-25(32)13-11-24/h10-13,21-23,26-27,33H,7-9,14-20H2,1-6H3,(H2,34,35,39). The number of ether oxygens (including phenoxy) is 3. The summed E-state index contributed by atoms with van der Waals surface area (Å²) < 4.78 is 16.9. The highest BCUT2D eigenvalue weighted by Crippen LogP contribution is 2.11. The molecular weight excluding hydrogens is 606 g/mol. The molecule has 10 nitrogen and oxygen atoms in total. The Morgan fingerprint density at radius 2 is 1.21 bits per heavy atom. The Morgan fingerprint density at radius 3 is 1.74 bits per heavy atom. The van der Waals surface area contributed by atoms with E-state index >= 15 is 0 Å². The first-order chi connectivity index (χ1) is 19.9. The number of halogens is 1. The SMILES string of the molecule is CC(C)COC(=O)CCC(NC(=O)NC(CCCCNCc1ccc(Br)cc1)C(=O)OCC(C)C)C(=O)OCC(C)C. The number of carbonyl (C=O) groups excluding carboxylic acids is 4. The first-order valence-corrected chi connectivity index (χ1v) is 15.7. The van der Waals surface area contributed by atoms with Gasteiger partial charge in [-0.05, 0) is 67.7 Å². The number of urea groups is 1. The minimum Gasteiger partial charge on any atom is -0.465 e. The quantitative estimate of drug-likeness (QED) is 0.100. The second kappa shape index (κ2) is 21.1. The van der Waals surface area contributed by atoms with E-state index in [-0.39, 0.29) is 50.4 Å². The van der Waals surface area contributed by atoms with Crippen molar-refractivity contribution in [1.82, 2.24) is 16.0 Å². The van der Waals surface area contributed by atoms with Crippen LogP contribution in [0.4, 0.5) is 4.79 Å². The molecule has 2 unspecified atom stereocenters. The van der Waals surface area contributed by atoms with Crippen LogP contribution in [0.15, 0.2) is 28.7 Å².